The lowest BCUT2D eigenvalue weighted by Crippen LogP contribution is -2.54. The van der Waals surface area contributed by atoms with Gasteiger partial charge in [-0.25, -0.2) is 4.79 Å². The molecule has 0 aliphatic rings. The first kappa shape index (κ1) is 29.6. The van der Waals surface area contributed by atoms with E-state index >= 15 is 0 Å². The fourth-order valence-corrected chi connectivity index (χ4v) is 3.64. The standard InChI is InChI=1S/C25H41N3O5S/c1-6-8-12-16-28(23(31)19(17-34)27-24(32)33-25(3,4)5)21(22(30)26-15-9-7-2)18-13-10-11-14-20(18)29/h10-11,13-14,19,21,29,34H,6-9,12,15-17H2,1-5H3,(H,26,30)(H,27,32). The number of para-hydroxylation sites is 1. The maximum Gasteiger partial charge on any atom is 0.408 e. The maximum atomic E-state index is 13.7. The Labute approximate surface area is 209 Å². The van der Waals surface area contributed by atoms with Crippen LogP contribution in [0.3, 0.4) is 0 Å². The zero-order chi connectivity index (χ0) is 25.7. The molecule has 0 heterocycles. The van der Waals surface area contributed by atoms with Crippen molar-refractivity contribution in [2.75, 3.05) is 18.8 Å². The molecule has 0 spiro atoms. The summed E-state index contributed by atoms with van der Waals surface area (Å²) in [7, 11) is 0. The lowest BCUT2D eigenvalue weighted by molar-refractivity contribution is -0.142. The van der Waals surface area contributed by atoms with E-state index < -0.39 is 29.7 Å². The molecule has 0 aliphatic heterocycles. The van der Waals surface area contributed by atoms with E-state index in [0.717, 1.165) is 25.7 Å². The molecule has 0 aliphatic carbocycles. The summed E-state index contributed by atoms with van der Waals surface area (Å²) in [6.45, 7) is 10.0. The van der Waals surface area contributed by atoms with Crippen molar-refractivity contribution in [2.45, 2.75) is 84.4 Å². The van der Waals surface area contributed by atoms with Crippen LogP contribution in [-0.4, -0.2) is 58.4 Å². The normalized spacial score (nSPS) is 13.0. The summed E-state index contributed by atoms with van der Waals surface area (Å²) in [5, 5.41) is 16.0. The van der Waals surface area contributed by atoms with Crippen molar-refractivity contribution in [3.05, 3.63) is 29.8 Å². The van der Waals surface area contributed by atoms with Gasteiger partial charge in [-0.2, -0.15) is 12.6 Å². The number of nitrogens with zero attached hydrogens (tertiary/aromatic N) is 1. The Kier molecular flexibility index (Phi) is 12.9. The fourth-order valence-electron chi connectivity index (χ4n) is 3.39. The highest BCUT2D eigenvalue weighted by Crippen LogP contribution is 2.30. The third-order valence-corrected chi connectivity index (χ3v) is 5.44. The number of hydrogen-bond acceptors (Lipinski definition) is 6. The van der Waals surface area contributed by atoms with Gasteiger partial charge in [0.25, 0.3) is 0 Å². The summed E-state index contributed by atoms with van der Waals surface area (Å²) in [6.07, 6.45) is 3.42. The quantitative estimate of drug-likeness (QED) is 0.242. The molecule has 2 atom stereocenters. The first-order valence-electron chi connectivity index (χ1n) is 12.0. The van der Waals surface area contributed by atoms with Crippen LogP contribution in [0.1, 0.15) is 78.3 Å². The molecule has 0 fully saturated rings. The van der Waals surface area contributed by atoms with Crippen molar-refractivity contribution in [1.82, 2.24) is 15.5 Å². The van der Waals surface area contributed by atoms with Gasteiger partial charge in [0.2, 0.25) is 11.8 Å². The van der Waals surface area contributed by atoms with Gasteiger partial charge >= 0.3 is 6.09 Å². The van der Waals surface area contributed by atoms with Crippen LogP contribution in [0.5, 0.6) is 5.75 Å². The smallest absolute Gasteiger partial charge is 0.408 e. The highest BCUT2D eigenvalue weighted by atomic mass is 32.1. The van der Waals surface area contributed by atoms with Crippen LogP contribution in [0.2, 0.25) is 0 Å². The average Bonchev–Trinajstić information content (AvgIpc) is 2.76. The Morgan fingerprint density at radius 2 is 1.74 bits per heavy atom. The van der Waals surface area contributed by atoms with Gasteiger partial charge < -0.3 is 25.4 Å². The Bertz CT molecular complexity index is 797. The summed E-state index contributed by atoms with van der Waals surface area (Å²) < 4.78 is 5.30. The van der Waals surface area contributed by atoms with Crippen LogP contribution < -0.4 is 10.6 Å². The molecular formula is C25H41N3O5S. The number of amides is 3. The summed E-state index contributed by atoms with van der Waals surface area (Å²) in [5.41, 5.74) is -0.399. The highest BCUT2D eigenvalue weighted by Gasteiger charge is 2.36. The van der Waals surface area contributed by atoms with Crippen LogP contribution in [-0.2, 0) is 14.3 Å². The van der Waals surface area contributed by atoms with Crippen LogP contribution in [0.4, 0.5) is 4.79 Å². The van der Waals surface area contributed by atoms with Crippen molar-refractivity contribution in [2.24, 2.45) is 0 Å². The van der Waals surface area contributed by atoms with Gasteiger partial charge in [0.1, 0.15) is 23.4 Å². The molecule has 0 saturated carbocycles. The molecule has 8 nitrogen and oxygen atoms in total. The summed E-state index contributed by atoms with van der Waals surface area (Å²) >= 11 is 4.27. The van der Waals surface area contributed by atoms with Gasteiger partial charge in [-0.05, 0) is 39.7 Å². The third-order valence-electron chi connectivity index (χ3n) is 5.08. The topological polar surface area (TPSA) is 108 Å². The Hall–Kier alpha value is -2.42. The molecule has 0 aromatic heterocycles. The van der Waals surface area contributed by atoms with E-state index in [0.29, 0.717) is 18.5 Å². The van der Waals surface area contributed by atoms with Gasteiger partial charge in [-0.15, -0.1) is 0 Å². The number of benzene rings is 1. The van der Waals surface area contributed by atoms with Crippen LogP contribution in [0.15, 0.2) is 24.3 Å². The summed E-state index contributed by atoms with van der Waals surface area (Å²) in [5.74, 6) is -0.896. The molecule has 9 heteroatoms. The number of rotatable bonds is 13. The van der Waals surface area contributed by atoms with Crippen LogP contribution >= 0.6 is 12.6 Å². The maximum absolute atomic E-state index is 13.7. The SMILES string of the molecule is CCCCCN(C(=O)C(CS)NC(=O)OC(C)(C)C)C(C(=O)NCCCC)c1ccccc1O. The number of phenolic OH excluding ortho intramolecular Hbond substituents is 1. The highest BCUT2D eigenvalue weighted by molar-refractivity contribution is 7.80. The molecule has 0 bridgehead atoms. The van der Waals surface area contributed by atoms with Crippen molar-refractivity contribution in [3.8, 4) is 5.75 Å². The largest absolute Gasteiger partial charge is 0.508 e. The van der Waals surface area contributed by atoms with Gasteiger partial charge in [-0.3, -0.25) is 9.59 Å². The minimum Gasteiger partial charge on any atom is -0.508 e. The summed E-state index contributed by atoms with van der Waals surface area (Å²) in [6, 6.07) is 4.45. The monoisotopic (exact) mass is 495 g/mol. The average molecular weight is 496 g/mol. The minimum atomic E-state index is -1.05. The first-order chi connectivity index (χ1) is 16.1. The second-order valence-electron chi connectivity index (χ2n) is 9.23. The number of aromatic hydroxyl groups is 1. The number of hydrogen-bond donors (Lipinski definition) is 4. The molecule has 3 amide bonds. The number of phenols is 1. The first-order valence-corrected chi connectivity index (χ1v) is 12.6. The van der Waals surface area contributed by atoms with Crippen molar-refractivity contribution in [3.63, 3.8) is 0 Å². The van der Waals surface area contributed by atoms with Crippen molar-refractivity contribution >= 4 is 30.5 Å². The zero-order valence-corrected chi connectivity index (χ0v) is 22.0. The number of ether oxygens (including phenoxy) is 1. The third kappa shape index (κ3) is 9.83. The van der Waals surface area contributed by atoms with Gasteiger partial charge in [0.05, 0.1) is 0 Å². The second-order valence-corrected chi connectivity index (χ2v) is 9.59. The number of carbonyl (C=O) groups is 3. The zero-order valence-electron chi connectivity index (χ0n) is 21.1. The van der Waals surface area contributed by atoms with E-state index in [1.54, 1.807) is 39.0 Å². The molecule has 2 unspecified atom stereocenters. The number of unbranched alkanes of at least 4 members (excludes halogenated alkanes) is 3. The molecule has 192 valence electrons. The van der Waals surface area contributed by atoms with Gasteiger partial charge in [0.15, 0.2) is 0 Å². The molecular weight excluding hydrogens is 454 g/mol. The van der Waals surface area contributed by atoms with Gasteiger partial charge in [-0.1, -0.05) is 51.3 Å². The second kappa shape index (κ2) is 14.8. The lowest BCUT2D eigenvalue weighted by atomic mass is 10.0. The Morgan fingerprint density at radius 3 is 2.29 bits per heavy atom. The molecule has 1 aromatic carbocycles. The van der Waals surface area contributed by atoms with E-state index in [-0.39, 0.29) is 24.0 Å². The van der Waals surface area contributed by atoms with E-state index in [4.69, 9.17) is 4.74 Å². The number of nitrogens with one attached hydrogen (secondary N) is 2. The van der Waals surface area contributed by atoms with Crippen molar-refractivity contribution < 1.29 is 24.2 Å². The molecule has 0 saturated heterocycles. The van der Waals surface area contributed by atoms with Crippen molar-refractivity contribution in [1.29, 1.82) is 0 Å². The molecule has 0 radical (unpaired) electrons. The van der Waals surface area contributed by atoms with Gasteiger partial charge in [0, 0.05) is 24.4 Å². The Morgan fingerprint density at radius 1 is 1.09 bits per heavy atom. The predicted molar refractivity (Wildman–Crippen MR) is 137 cm³/mol. The number of alkyl carbamates (subject to hydrolysis) is 1. The molecule has 1 rings (SSSR count). The number of thiol groups is 1. The van der Waals surface area contributed by atoms with E-state index in [9.17, 15) is 19.5 Å². The number of carbonyl (C=O) groups excluding carboxylic acids is 3. The Balaban J connectivity index is 3.34. The van der Waals surface area contributed by atoms with E-state index in [1.807, 2.05) is 13.8 Å². The van der Waals surface area contributed by atoms with E-state index in [1.165, 1.54) is 11.0 Å². The molecule has 1 aromatic rings. The lowest BCUT2D eigenvalue weighted by Gasteiger charge is -2.34. The minimum absolute atomic E-state index is 0.0211. The van der Waals surface area contributed by atoms with Crippen LogP contribution in [0.25, 0.3) is 0 Å². The van der Waals surface area contributed by atoms with Crippen LogP contribution in [0, 0.1) is 0 Å². The molecule has 34 heavy (non-hydrogen) atoms. The molecule has 3 N–H and O–H groups in total. The fraction of sp³-hybridized carbons (Fsp3) is 0.640. The van der Waals surface area contributed by atoms with E-state index in [2.05, 4.69) is 23.3 Å². The summed E-state index contributed by atoms with van der Waals surface area (Å²) in [4.78, 5) is 40.8. The predicted octanol–water partition coefficient (Wildman–Crippen LogP) is 4.19.